The number of anilines is 1. The largest absolute Gasteiger partial charge is 0.425 e. The van der Waals surface area contributed by atoms with Crippen LogP contribution in [0.3, 0.4) is 0 Å². The third kappa shape index (κ3) is 3.94. The molecule has 11 nitrogen and oxygen atoms in total. The second kappa shape index (κ2) is 8.47. The minimum Gasteiger partial charge on any atom is -0.425 e. The van der Waals surface area contributed by atoms with Crippen molar-refractivity contribution in [3.05, 3.63) is 36.3 Å². The SMILES string of the molecule is CCn1c(-c2cnc(C)nc2)nc2c(N[C@@H]3CC(C(=O)C4CC4)[C@@H](c4nnc(C)o4)C3)ncnc21. The van der Waals surface area contributed by atoms with E-state index in [9.17, 15) is 4.79 Å². The number of nitrogens with zero attached hydrogens (tertiary/aromatic N) is 8. The van der Waals surface area contributed by atoms with Crippen molar-refractivity contribution in [1.82, 2.24) is 39.7 Å². The van der Waals surface area contributed by atoms with Gasteiger partial charge in [-0.3, -0.25) is 4.79 Å². The van der Waals surface area contributed by atoms with E-state index in [0.29, 0.717) is 54.1 Å². The van der Waals surface area contributed by atoms with E-state index in [1.165, 1.54) is 0 Å². The molecular weight excluding hydrogens is 446 g/mol. The molecule has 2 aliphatic rings. The maximum absolute atomic E-state index is 13.1. The lowest BCUT2D eigenvalue weighted by molar-refractivity contribution is -0.124. The zero-order chi connectivity index (χ0) is 24.1. The van der Waals surface area contributed by atoms with Crippen molar-refractivity contribution in [3.8, 4) is 11.4 Å². The number of Topliss-reactive ketones (excluding diaryl/α,β-unsaturated/α-hetero) is 1. The first kappa shape index (κ1) is 21.8. The van der Waals surface area contributed by atoms with Gasteiger partial charge in [-0.15, -0.1) is 10.2 Å². The molecule has 1 N–H and O–H groups in total. The van der Waals surface area contributed by atoms with Gasteiger partial charge in [-0.2, -0.15) is 0 Å². The van der Waals surface area contributed by atoms with E-state index in [1.54, 1.807) is 25.6 Å². The molecule has 0 radical (unpaired) electrons. The molecule has 4 aromatic heterocycles. The molecular formula is C24H27N9O2. The minimum absolute atomic E-state index is 0.0240. The van der Waals surface area contributed by atoms with Crippen molar-refractivity contribution in [1.29, 1.82) is 0 Å². The van der Waals surface area contributed by atoms with Gasteiger partial charge >= 0.3 is 0 Å². The Morgan fingerprint density at radius 2 is 1.91 bits per heavy atom. The number of hydrogen-bond acceptors (Lipinski definition) is 10. The van der Waals surface area contributed by atoms with E-state index in [-0.39, 0.29) is 23.8 Å². The first-order valence-electron chi connectivity index (χ1n) is 12.1. The Morgan fingerprint density at radius 3 is 2.60 bits per heavy atom. The molecule has 0 bridgehead atoms. The van der Waals surface area contributed by atoms with Crippen molar-refractivity contribution in [2.45, 2.75) is 65.0 Å². The molecule has 6 rings (SSSR count). The van der Waals surface area contributed by atoms with Gasteiger partial charge in [-0.05, 0) is 39.5 Å². The zero-order valence-electron chi connectivity index (χ0n) is 20.0. The first-order chi connectivity index (χ1) is 17.0. The Kier molecular flexibility index (Phi) is 5.27. The van der Waals surface area contributed by atoms with Gasteiger partial charge in [0.25, 0.3) is 0 Å². The number of aryl methyl sites for hydroxylation is 3. The van der Waals surface area contributed by atoms with Gasteiger partial charge in [0, 0.05) is 49.7 Å². The molecule has 35 heavy (non-hydrogen) atoms. The van der Waals surface area contributed by atoms with Gasteiger partial charge in [0.05, 0.1) is 5.56 Å². The van der Waals surface area contributed by atoms with Crippen LogP contribution < -0.4 is 5.32 Å². The van der Waals surface area contributed by atoms with Crippen LogP contribution in [0.15, 0.2) is 23.1 Å². The van der Waals surface area contributed by atoms with Crippen molar-refractivity contribution in [3.63, 3.8) is 0 Å². The fourth-order valence-electron chi connectivity index (χ4n) is 5.14. The van der Waals surface area contributed by atoms with Gasteiger partial charge in [-0.1, -0.05) is 0 Å². The van der Waals surface area contributed by atoms with Crippen LogP contribution in [0, 0.1) is 25.7 Å². The fourth-order valence-corrected chi connectivity index (χ4v) is 5.14. The van der Waals surface area contributed by atoms with Crippen LogP contribution in [-0.2, 0) is 11.3 Å². The quantitative estimate of drug-likeness (QED) is 0.425. The fraction of sp³-hybridized carbons (Fsp3) is 0.500. The number of rotatable bonds is 7. The van der Waals surface area contributed by atoms with Crippen LogP contribution in [0.1, 0.15) is 56.1 Å². The van der Waals surface area contributed by atoms with Gasteiger partial charge < -0.3 is 14.3 Å². The Labute approximate surface area is 201 Å². The number of fused-ring (bicyclic) bond motifs is 1. The lowest BCUT2D eigenvalue weighted by atomic mass is 9.89. The van der Waals surface area contributed by atoms with Crippen LogP contribution in [0.2, 0.25) is 0 Å². The zero-order valence-corrected chi connectivity index (χ0v) is 20.0. The first-order valence-corrected chi connectivity index (χ1v) is 12.1. The monoisotopic (exact) mass is 473 g/mol. The molecule has 2 saturated carbocycles. The normalized spacial score (nSPS) is 22.1. The van der Waals surface area contributed by atoms with E-state index in [4.69, 9.17) is 9.40 Å². The number of aromatic nitrogens is 8. The average molecular weight is 474 g/mol. The molecule has 0 amide bonds. The Bertz CT molecular complexity index is 1390. The van der Waals surface area contributed by atoms with Gasteiger partial charge in [0.1, 0.15) is 23.8 Å². The van der Waals surface area contributed by atoms with Gasteiger partial charge in [0.15, 0.2) is 17.0 Å². The summed E-state index contributed by atoms with van der Waals surface area (Å²) in [6.45, 7) is 6.37. The molecule has 4 heterocycles. The second-order valence-electron chi connectivity index (χ2n) is 9.45. The molecule has 0 aromatic carbocycles. The summed E-state index contributed by atoms with van der Waals surface area (Å²) in [6.07, 6.45) is 8.47. The van der Waals surface area contributed by atoms with E-state index >= 15 is 0 Å². The number of ketones is 1. The third-order valence-corrected chi connectivity index (χ3v) is 6.99. The highest BCUT2D eigenvalue weighted by molar-refractivity contribution is 5.88. The predicted molar refractivity (Wildman–Crippen MR) is 126 cm³/mol. The van der Waals surface area contributed by atoms with Crippen LogP contribution in [0.25, 0.3) is 22.6 Å². The Balaban J connectivity index is 1.32. The summed E-state index contributed by atoms with van der Waals surface area (Å²) in [5.74, 6) is 3.45. The topological polar surface area (TPSA) is 137 Å². The van der Waals surface area contributed by atoms with Crippen LogP contribution in [0.4, 0.5) is 5.82 Å². The molecule has 0 aliphatic heterocycles. The molecule has 180 valence electrons. The van der Waals surface area contributed by atoms with Crippen molar-refractivity contribution in [2.75, 3.05) is 5.32 Å². The molecule has 0 saturated heterocycles. The Hall–Kier alpha value is -3.76. The smallest absolute Gasteiger partial charge is 0.220 e. The van der Waals surface area contributed by atoms with Crippen molar-refractivity contribution in [2.24, 2.45) is 11.8 Å². The summed E-state index contributed by atoms with van der Waals surface area (Å²) < 4.78 is 7.79. The summed E-state index contributed by atoms with van der Waals surface area (Å²) in [4.78, 5) is 35.7. The van der Waals surface area contributed by atoms with Crippen LogP contribution in [0.5, 0.6) is 0 Å². The second-order valence-corrected chi connectivity index (χ2v) is 9.45. The molecule has 4 aromatic rings. The van der Waals surface area contributed by atoms with E-state index in [2.05, 4.69) is 42.4 Å². The number of hydrogen-bond donors (Lipinski definition) is 1. The standard InChI is InChI=1S/C24H27N9O2/c1-4-33-22(15-9-25-12(2)26-10-15)30-19-21(27-11-28-23(19)33)29-16-7-17(20(34)14-5-6-14)18(8-16)24-32-31-13(3)35-24/h9-11,14,16-18H,4-8H2,1-3H3,(H,27,28,29)/t16-,17?,18+/m1/s1. The summed E-state index contributed by atoms with van der Waals surface area (Å²) in [6, 6.07) is 0.0240. The lowest BCUT2D eigenvalue weighted by Gasteiger charge is -2.14. The summed E-state index contributed by atoms with van der Waals surface area (Å²) in [7, 11) is 0. The number of imidazole rings is 1. The predicted octanol–water partition coefficient (Wildman–Crippen LogP) is 3.26. The highest BCUT2D eigenvalue weighted by Crippen LogP contribution is 2.46. The van der Waals surface area contributed by atoms with Crippen molar-refractivity contribution < 1.29 is 9.21 Å². The minimum atomic E-state index is -0.134. The average Bonchev–Trinajstić information content (AvgIpc) is 3.30. The molecule has 1 unspecified atom stereocenters. The third-order valence-electron chi connectivity index (χ3n) is 6.99. The van der Waals surface area contributed by atoms with Gasteiger partial charge in [0.2, 0.25) is 11.8 Å². The molecule has 11 heteroatoms. The maximum atomic E-state index is 13.1. The summed E-state index contributed by atoms with van der Waals surface area (Å²) in [5, 5.41) is 11.8. The molecule has 2 aliphatic carbocycles. The lowest BCUT2D eigenvalue weighted by Crippen LogP contribution is -2.21. The Morgan fingerprint density at radius 1 is 1.11 bits per heavy atom. The van der Waals surface area contributed by atoms with E-state index in [0.717, 1.165) is 29.9 Å². The summed E-state index contributed by atoms with van der Waals surface area (Å²) in [5.41, 5.74) is 2.25. The highest BCUT2D eigenvalue weighted by atomic mass is 16.4. The number of carbonyl (C=O) groups excluding carboxylic acids is 1. The van der Waals surface area contributed by atoms with Crippen LogP contribution >= 0.6 is 0 Å². The summed E-state index contributed by atoms with van der Waals surface area (Å²) >= 11 is 0. The maximum Gasteiger partial charge on any atom is 0.220 e. The van der Waals surface area contributed by atoms with Gasteiger partial charge in [-0.25, -0.2) is 24.9 Å². The van der Waals surface area contributed by atoms with Crippen molar-refractivity contribution >= 4 is 22.8 Å². The molecule has 3 atom stereocenters. The number of carbonyl (C=O) groups is 1. The molecule has 2 fully saturated rings. The molecule has 0 spiro atoms. The highest BCUT2D eigenvalue weighted by Gasteiger charge is 2.46. The van der Waals surface area contributed by atoms with Crippen LogP contribution in [-0.4, -0.2) is 51.5 Å². The van der Waals surface area contributed by atoms with E-state index in [1.807, 2.05) is 11.5 Å². The number of nitrogens with one attached hydrogen (secondary N) is 1. The van der Waals surface area contributed by atoms with E-state index < -0.39 is 0 Å².